The van der Waals surface area contributed by atoms with E-state index >= 15 is 0 Å². The molecule has 1 aliphatic heterocycles. The van der Waals surface area contributed by atoms with Gasteiger partial charge in [-0.3, -0.25) is 9.69 Å². The van der Waals surface area contributed by atoms with E-state index in [0.29, 0.717) is 40.8 Å². The summed E-state index contributed by atoms with van der Waals surface area (Å²) < 4.78 is 25.7. The number of piperidine rings is 1. The minimum Gasteiger partial charge on any atom is -0.497 e. The highest BCUT2D eigenvalue weighted by atomic mass is 79.9. The Bertz CT molecular complexity index is 1160. The van der Waals surface area contributed by atoms with Gasteiger partial charge in [0.25, 0.3) is 0 Å². The molecule has 0 atom stereocenters. The molecule has 0 aliphatic carbocycles. The van der Waals surface area contributed by atoms with Crippen LogP contribution in [0.4, 0.5) is 4.39 Å². The van der Waals surface area contributed by atoms with Crippen molar-refractivity contribution in [3.8, 4) is 11.5 Å². The number of carbonyl (C=O) groups excluding carboxylic acids is 1. The van der Waals surface area contributed by atoms with Crippen molar-refractivity contribution in [2.75, 3.05) is 27.3 Å². The fourth-order valence-electron chi connectivity index (χ4n) is 3.92. The van der Waals surface area contributed by atoms with Gasteiger partial charge in [-0.05, 0) is 59.7 Å². The van der Waals surface area contributed by atoms with E-state index in [2.05, 4.69) is 20.8 Å². The molecule has 1 saturated heterocycles. The molecule has 4 rings (SSSR count). The van der Waals surface area contributed by atoms with E-state index in [-0.39, 0.29) is 11.6 Å². The molecule has 3 aromatic carbocycles. The van der Waals surface area contributed by atoms with Crippen LogP contribution in [0.25, 0.3) is 12.2 Å². The second kappa shape index (κ2) is 10.8. The maximum atomic E-state index is 14.5. The van der Waals surface area contributed by atoms with Gasteiger partial charge in [0.1, 0.15) is 17.3 Å². The van der Waals surface area contributed by atoms with Crippen LogP contribution in [0.5, 0.6) is 11.5 Å². The molecule has 3 aromatic rings. The van der Waals surface area contributed by atoms with Crippen LogP contribution in [0.3, 0.4) is 0 Å². The number of hydrogen-bond donors (Lipinski definition) is 0. The highest BCUT2D eigenvalue weighted by Crippen LogP contribution is 2.26. The zero-order valence-corrected chi connectivity index (χ0v) is 20.6. The third-order valence-corrected chi connectivity index (χ3v) is 6.19. The van der Waals surface area contributed by atoms with Gasteiger partial charge in [-0.2, -0.15) is 0 Å². The van der Waals surface area contributed by atoms with Crippen molar-refractivity contribution in [3.63, 3.8) is 0 Å². The van der Waals surface area contributed by atoms with Gasteiger partial charge in [0.2, 0.25) is 0 Å². The number of carbonyl (C=O) groups is 1. The Morgan fingerprint density at radius 2 is 1.35 bits per heavy atom. The van der Waals surface area contributed by atoms with E-state index in [1.807, 2.05) is 66.7 Å². The summed E-state index contributed by atoms with van der Waals surface area (Å²) >= 11 is 3.31. The number of hydrogen-bond acceptors (Lipinski definition) is 4. The van der Waals surface area contributed by atoms with Crippen LogP contribution in [0, 0.1) is 5.82 Å². The number of Topliss-reactive ketones (excluding diaryl/α,β-unsaturated/α-hetero) is 1. The van der Waals surface area contributed by atoms with E-state index in [1.54, 1.807) is 20.3 Å². The number of nitrogens with zero attached hydrogens (tertiary/aromatic N) is 1. The molecule has 0 unspecified atom stereocenters. The van der Waals surface area contributed by atoms with E-state index in [1.165, 1.54) is 6.07 Å². The van der Waals surface area contributed by atoms with Crippen molar-refractivity contribution in [1.82, 2.24) is 4.90 Å². The Morgan fingerprint density at radius 1 is 0.853 bits per heavy atom. The molecule has 4 nitrogen and oxygen atoms in total. The first-order chi connectivity index (χ1) is 16.4. The lowest BCUT2D eigenvalue weighted by Gasteiger charge is -2.30. The fraction of sp³-hybridized carbons (Fsp3) is 0.179. The first-order valence-corrected chi connectivity index (χ1v) is 11.6. The van der Waals surface area contributed by atoms with Gasteiger partial charge in [-0.1, -0.05) is 46.3 Å². The van der Waals surface area contributed by atoms with Crippen molar-refractivity contribution in [2.45, 2.75) is 6.54 Å². The first kappa shape index (κ1) is 23.9. The molecular formula is C28H25BrFNO3. The Morgan fingerprint density at radius 3 is 1.79 bits per heavy atom. The third-order valence-electron chi connectivity index (χ3n) is 5.69. The fourth-order valence-corrected chi connectivity index (χ4v) is 4.25. The first-order valence-electron chi connectivity index (χ1n) is 10.9. The maximum absolute atomic E-state index is 14.5. The van der Waals surface area contributed by atoms with Gasteiger partial charge in [0.15, 0.2) is 5.78 Å². The summed E-state index contributed by atoms with van der Waals surface area (Å²) in [7, 11) is 3.24. The lowest BCUT2D eigenvalue weighted by molar-refractivity contribution is -0.113. The molecule has 0 saturated carbocycles. The minimum atomic E-state index is -0.271. The molecule has 6 heteroatoms. The van der Waals surface area contributed by atoms with Crippen LogP contribution >= 0.6 is 15.9 Å². The topological polar surface area (TPSA) is 38.8 Å². The molecule has 0 aromatic heterocycles. The standard InChI is InChI=1S/C28H25BrFNO3/c1-33-25-9-3-19(4-10-25)13-22-17-31(16-21-7-8-24(29)15-27(21)30)18-23(28(22)32)14-20-5-11-26(34-2)12-6-20/h3-15H,16-18H2,1-2H3/b22-13+,23-14+. The summed E-state index contributed by atoms with van der Waals surface area (Å²) in [6.07, 6.45) is 3.79. The second-order valence-electron chi connectivity index (χ2n) is 8.10. The molecule has 0 N–H and O–H groups in total. The molecule has 0 bridgehead atoms. The quantitative estimate of drug-likeness (QED) is 0.364. The number of likely N-dealkylation sites (tertiary alicyclic amines) is 1. The van der Waals surface area contributed by atoms with Crippen molar-refractivity contribution < 1.29 is 18.7 Å². The van der Waals surface area contributed by atoms with E-state index in [4.69, 9.17) is 9.47 Å². The van der Waals surface area contributed by atoms with E-state index in [9.17, 15) is 9.18 Å². The predicted molar refractivity (Wildman–Crippen MR) is 136 cm³/mol. The number of ketones is 1. The largest absolute Gasteiger partial charge is 0.497 e. The zero-order chi connectivity index (χ0) is 24.1. The van der Waals surface area contributed by atoms with Gasteiger partial charge in [-0.15, -0.1) is 0 Å². The van der Waals surface area contributed by atoms with Gasteiger partial charge in [0.05, 0.1) is 14.2 Å². The summed E-state index contributed by atoms with van der Waals surface area (Å²) in [5.41, 5.74) is 3.72. The SMILES string of the molecule is COc1ccc(/C=C2\CN(Cc3ccc(Br)cc3F)C/C(=C\c3ccc(OC)cc3)C2=O)cc1. The van der Waals surface area contributed by atoms with Gasteiger partial charge in [-0.25, -0.2) is 4.39 Å². The number of ether oxygens (including phenoxy) is 2. The molecule has 1 heterocycles. The van der Waals surface area contributed by atoms with Gasteiger partial charge < -0.3 is 9.47 Å². The predicted octanol–water partition coefficient (Wildman–Crippen LogP) is 6.16. The van der Waals surface area contributed by atoms with Gasteiger partial charge >= 0.3 is 0 Å². The van der Waals surface area contributed by atoms with E-state index < -0.39 is 0 Å². The summed E-state index contributed by atoms with van der Waals surface area (Å²) in [4.78, 5) is 15.5. The van der Waals surface area contributed by atoms with Crippen LogP contribution in [-0.4, -0.2) is 38.0 Å². The summed E-state index contributed by atoms with van der Waals surface area (Å²) in [5.74, 6) is 1.24. The summed E-state index contributed by atoms with van der Waals surface area (Å²) in [6, 6.07) is 20.2. The molecular weight excluding hydrogens is 497 g/mol. The Hall–Kier alpha value is -3.22. The third kappa shape index (κ3) is 5.82. The highest BCUT2D eigenvalue weighted by Gasteiger charge is 2.26. The van der Waals surface area contributed by atoms with Crippen LogP contribution in [0.1, 0.15) is 16.7 Å². The molecule has 1 aliphatic rings. The average molecular weight is 522 g/mol. The van der Waals surface area contributed by atoms with Crippen LogP contribution in [0.2, 0.25) is 0 Å². The molecule has 174 valence electrons. The number of methoxy groups -OCH3 is 2. The van der Waals surface area contributed by atoms with Gasteiger partial charge in [0, 0.05) is 40.8 Å². The van der Waals surface area contributed by atoms with Crippen molar-refractivity contribution in [3.05, 3.63) is 105 Å². The van der Waals surface area contributed by atoms with Crippen molar-refractivity contribution in [1.29, 1.82) is 0 Å². The molecule has 1 fully saturated rings. The maximum Gasteiger partial charge on any atom is 0.187 e. The Labute approximate surface area is 207 Å². The number of rotatable bonds is 6. The zero-order valence-electron chi connectivity index (χ0n) is 19.1. The monoisotopic (exact) mass is 521 g/mol. The van der Waals surface area contributed by atoms with Crippen LogP contribution < -0.4 is 9.47 Å². The Kier molecular flexibility index (Phi) is 7.60. The molecule has 34 heavy (non-hydrogen) atoms. The van der Waals surface area contributed by atoms with Crippen LogP contribution in [-0.2, 0) is 11.3 Å². The van der Waals surface area contributed by atoms with Crippen molar-refractivity contribution in [2.24, 2.45) is 0 Å². The molecule has 0 spiro atoms. The van der Waals surface area contributed by atoms with Crippen LogP contribution in [0.15, 0.2) is 82.3 Å². The summed E-state index contributed by atoms with van der Waals surface area (Å²) in [5, 5.41) is 0. The molecule has 0 amide bonds. The lowest BCUT2D eigenvalue weighted by Crippen LogP contribution is -2.37. The average Bonchev–Trinajstić information content (AvgIpc) is 2.84. The Balaban J connectivity index is 1.67. The minimum absolute atomic E-state index is 0.000774. The summed E-state index contributed by atoms with van der Waals surface area (Å²) in [6.45, 7) is 1.26. The smallest absolute Gasteiger partial charge is 0.187 e. The normalized spacial score (nSPS) is 16.8. The lowest BCUT2D eigenvalue weighted by atomic mass is 9.94. The number of halogens is 2. The highest BCUT2D eigenvalue weighted by molar-refractivity contribution is 9.10. The second-order valence-corrected chi connectivity index (χ2v) is 9.01. The van der Waals surface area contributed by atoms with Crippen molar-refractivity contribution >= 4 is 33.9 Å². The molecule has 0 radical (unpaired) electrons. The number of benzene rings is 3. The van der Waals surface area contributed by atoms with E-state index in [0.717, 1.165) is 22.6 Å².